The fourth-order valence-corrected chi connectivity index (χ4v) is 3.46. The summed E-state index contributed by atoms with van der Waals surface area (Å²) in [5, 5.41) is 5.90. The van der Waals surface area contributed by atoms with Gasteiger partial charge in [-0.3, -0.25) is 14.5 Å². The van der Waals surface area contributed by atoms with Crippen LogP contribution >= 0.6 is 11.6 Å². The first kappa shape index (κ1) is 21.3. The van der Waals surface area contributed by atoms with Crippen molar-refractivity contribution in [2.24, 2.45) is 0 Å². The number of nitrogens with one attached hydrogen (secondary N) is 2. The highest BCUT2D eigenvalue weighted by molar-refractivity contribution is 6.33. The quantitative estimate of drug-likeness (QED) is 0.728. The van der Waals surface area contributed by atoms with Crippen LogP contribution in [-0.2, 0) is 16.1 Å². The molecule has 2 aromatic rings. The van der Waals surface area contributed by atoms with Crippen molar-refractivity contribution < 1.29 is 14.3 Å². The molecular weight excluding hydrogens is 390 g/mol. The van der Waals surface area contributed by atoms with Gasteiger partial charge in [0.05, 0.1) is 23.3 Å². The van der Waals surface area contributed by atoms with E-state index in [1.54, 1.807) is 31.2 Å². The highest BCUT2D eigenvalue weighted by Crippen LogP contribution is 2.14. The summed E-state index contributed by atoms with van der Waals surface area (Å²) in [6, 6.07) is 16.4. The van der Waals surface area contributed by atoms with Crippen LogP contribution < -0.4 is 10.6 Å². The van der Waals surface area contributed by atoms with Crippen molar-refractivity contribution >= 4 is 23.4 Å². The number of rotatable bonds is 7. The van der Waals surface area contributed by atoms with Crippen LogP contribution in [0.5, 0.6) is 0 Å². The van der Waals surface area contributed by atoms with Crippen molar-refractivity contribution in [1.82, 2.24) is 15.5 Å². The van der Waals surface area contributed by atoms with Crippen molar-refractivity contribution in [2.45, 2.75) is 25.6 Å². The summed E-state index contributed by atoms with van der Waals surface area (Å²) < 4.78 is 5.78. The Labute approximate surface area is 176 Å². The molecule has 0 radical (unpaired) electrons. The van der Waals surface area contributed by atoms with E-state index in [2.05, 4.69) is 27.7 Å². The smallest absolute Gasteiger partial charge is 0.253 e. The van der Waals surface area contributed by atoms with Gasteiger partial charge in [0.25, 0.3) is 5.91 Å². The first-order valence-corrected chi connectivity index (χ1v) is 10.1. The van der Waals surface area contributed by atoms with Crippen LogP contribution in [0.1, 0.15) is 22.8 Å². The molecule has 1 fully saturated rings. The number of halogens is 1. The lowest BCUT2D eigenvalue weighted by molar-refractivity contribution is -0.123. The van der Waals surface area contributed by atoms with Gasteiger partial charge in [0.2, 0.25) is 5.91 Å². The zero-order valence-corrected chi connectivity index (χ0v) is 17.2. The first-order chi connectivity index (χ1) is 14.0. The van der Waals surface area contributed by atoms with Crippen LogP contribution in [0.25, 0.3) is 0 Å². The minimum absolute atomic E-state index is 0.0807. The molecule has 2 aromatic carbocycles. The molecule has 2 atom stereocenters. The van der Waals surface area contributed by atoms with Gasteiger partial charge in [-0.15, -0.1) is 0 Å². The summed E-state index contributed by atoms with van der Waals surface area (Å²) >= 11 is 6.03. The summed E-state index contributed by atoms with van der Waals surface area (Å²) in [6.07, 6.45) is -0.0807. The average molecular weight is 416 g/mol. The average Bonchev–Trinajstić information content (AvgIpc) is 2.73. The summed E-state index contributed by atoms with van der Waals surface area (Å²) in [6.45, 7) is 5.15. The van der Waals surface area contributed by atoms with E-state index in [1.165, 1.54) is 5.56 Å². The topological polar surface area (TPSA) is 70.7 Å². The zero-order valence-electron chi connectivity index (χ0n) is 16.4. The maximum Gasteiger partial charge on any atom is 0.253 e. The van der Waals surface area contributed by atoms with Gasteiger partial charge in [-0.2, -0.15) is 0 Å². The van der Waals surface area contributed by atoms with E-state index < -0.39 is 6.04 Å². The van der Waals surface area contributed by atoms with Crippen molar-refractivity contribution in [3.63, 3.8) is 0 Å². The SMILES string of the molecule is CC(NC(=O)c1ccccc1Cl)C(=O)NCC1CN(Cc2ccccc2)CCO1. The number of hydrogen-bond acceptors (Lipinski definition) is 4. The fourth-order valence-electron chi connectivity index (χ4n) is 3.24. The van der Waals surface area contributed by atoms with Crippen LogP contribution in [0.4, 0.5) is 0 Å². The van der Waals surface area contributed by atoms with Gasteiger partial charge in [0.15, 0.2) is 0 Å². The highest BCUT2D eigenvalue weighted by atomic mass is 35.5. The molecule has 2 N–H and O–H groups in total. The molecule has 3 rings (SSSR count). The second-order valence-electron chi connectivity index (χ2n) is 7.13. The molecule has 7 heteroatoms. The normalized spacial score (nSPS) is 18.1. The Morgan fingerprint density at radius 3 is 2.66 bits per heavy atom. The van der Waals surface area contributed by atoms with Crippen LogP contribution in [0.3, 0.4) is 0 Å². The molecule has 1 heterocycles. The van der Waals surface area contributed by atoms with Gasteiger partial charge < -0.3 is 15.4 Å². The third-order valence-corrected chi connectivity index (χ3v) is 5.16. The molecule has 1 aliphatic rings. The third kappa shape index (κ3) is 6.29. The van der Waals surface area contributed by atoms with Crippen molar-refractivity contribution in [1.29, 1.82) is 0 Å². The summed E-state index contributed by atoms with van der Waals surface area (Å²) in [5.74, 6) is -0.629. The Kier molecular flexibility index (Phi) is 7.63. The van der Waals surface area contributed by atoms with Crippen molar-refractivity contribution in [3.05, 3.63) is 70.7 Å². The maximum atomic E-state index is 12.4. The maximum absolute atomic E-state index is 12.4. The third-order valence-electron chi connectivity index (χ3n) is 4.84. The molecule has 2 unspecified atom stereocenters. The van der Waals surface area contributed by atoms with E-state index in [0.29, 0.717) is 23.7 Å². The van der Waals surface area contributed by atoms with Crippen LogP contribution in [-0.4, -0.2) is 55.1 Å². The van der Waals surface area contributed by atoms with Crippen LogP contribution in [0.2, 0.25) is 5.02 Å². The lowest BCUT2D eigenvalue weighted by Crippen LogP contribution is -2.50. The predicted molar refractivity (Wildman–Crippen MR) is 113 cm³/mol. The molecule has 0 aromatic heterocycles. The molecule has 154 valence electrons. The van der Waals surface area contributed by atoms with E-state index in [4.69, 9.17) is 16.3 Å². The van der Waals surface area contributed by atoms with Gasteiger partial charge in [-0.1, -0.05) is 54.1 Å². The molecule has 1 saturated heterocycles. The summed E-state index contributed by atoms with van der Waals surface area (Å²) in [7, 11) is 0. The molecule has 6 nitrogen and oxygen atoms in total. The number of amides is 2. The second-order valence-corrected chi connectivity index (χ2v) is 7.54. The molecule has 0 aliphatic carbocycles. The van der Waals surface area contributed by atoms with Crippen molar-refractivity contribution in [3.8, 4) is 0 Å². The van der Waals surface area contributed by atoms with Gasteiger partial charge in [-0.05, 0) is 24.6 Å². The van der Waals surface area contributed by atoms with Gasteiger partial charge >= 0.3 is 0 Å². The highest BCUT2D eigenvalue weighted by Gasteiger charge is 2.23. The minimum atomic E-state index is -0.678. The van der Waals surface area contributed by atoms with E-state index >= 15 is 0 Å². The Morgan fingerprint density at radius 1 is 1.17 bits per heavy atom. The number of carbonyl (C=O) groups is 2. The number of ether oxygens (including phenoxy) is 1. The lowest BCUT2D eigenvalue weighted by atomic mass is 10.2. The molecule has 0 bridgehead atoms. The summed E-state index contributed by atoms with van der Waals surface area (Å²) in [5.41, 5.74) is 1.61. The molecule has 0 spiro atoms. The zero-order chi connectivity index (χ0) is 20.6. The molecule has 2 amide bonds. The van der Waals surface area contributed by atoms with Gasteiger partial charge in [-0.25, -0.2) is 0 Å². The monoisotopic (exact) mass is 415 g/mol. The Morgan fingerprint density at radius 2 is 1.90 bits per heavy atom. The van der Waals surface area contributed by atoms with E-state index in [1.807, 2.05) is 18.2 Å². The number of benzene rings is 2. The number of morpholine rings is 1. The molecule has 0 saturated carbocycles. The standard InChI is InChI=1S/C22H26ClN3O3/c1-16(25-22(28)19-9-5-6-10-20(19)23)21(27)24-13-18-15-26(11-12-29-18)14-17-7-3-2-4-8-17/h2-10,16,18H,11-15H2,1H3,(H,24,27)(H,25,28). The minimum Gasteiger partial charge on any atom is -0.374 e. The van der Waals surface area contributed by atoms with Crippen LogP contribution in [0, 0.1) is 0 Å². The van der Waals surface area contributed by atoms with Crippen LogP contribution in [0.15, 0.2) is 54.6 Å². The Hall–Kier alpha value is -2.41. The van der Waals surface area contributed by atoms with Gasteiger partial charge in [0.1, 0.15) is 6.04 Å². The Balaban J connectivity index is 1.44. The van der Waals surface area contributed by atoms with Crippen molar-refractivity contribution in [2.75, 3.05) is 26.2 Å². The lowest BCUT2D eigenvalue weighted by Gasteiger charge is -2.33. The first-order valence-electron chi connectivity index (χ1n) is 9.74. The second kappa shape index (κ2) is 10.4. The van der Waals surface area contributed by atoms with E-state index in [9.17, 15) is 9.59 Å². The number of nitrogens with zero attached hydrogens (tertiary/aromatic N) is 1. The number of carbonyl (C=O) groups excluding carboxylic acids is 2. The fraction of sp³-hybridized carbons (Fsp3) is 0.364. The molecule has 1 aliphatic heterocycles. The van der Waals surface area contributed by atoms with Gasteiger partial charge in [0, 0.05) is 26.2 Å². The number of hydrogen-bond donors (Lipinski definition) is 2. The molecule has 29 heavy (non-hydrogen) atoms. The predicted octanol–water partition coefficient (Wildman–Crippen LogP) is 2.48. The Bertz CT molecular complexity index is 831. The summed E-state index contributed by atoms with van der Waals surface area (Å²) in [4.78, 5) is 27.0. The van der Waals surface area contributed by atoms with E-state index in [0.717, 1.165) is 19.6 Å². The molecular formula is C22H26ClN3O3. The van der Waals surface area contributed by atoms with E-state index in [-0.39, 0.29) is 17.9 Å². The largest absolute Gasteiger partial charge is 0.374 e.